The Hall–Kier alpha value is -3.19. The maximum absolute atomic E-state index is 13.0. The first kappa shape index (κ1) is 22.0. The second kappa shape index (κ2) is 9.53. The number of anilines is 1. The van der Waals surface area contributed by atoms with Crippen LogP contribution in [0.2, 0.25) is 10.0 Å². The summed E-state index contributed by atoms with van der Waals surface area (Å²) in [5, 5.41) is 3.75. The third-order valence-corrected chi connectivity index (χ3v) is 5.44. The van der Waals surface area contributed by atoms with E-state index in [1.807, 2.05) is 18.2 Å². The second-order valence-electron chi connectivity index (χ2n) is 6.92. The number of amides is 2. The molecule has 4 rings (SSSR count). The molecular formula is C24H16Cl2N2O3S. The quantitative estimate of drug-likeness (QED) is 0.300. The van der Waals surface area contributed by atoms with E-state index in [9.17, 15) is 9.59 Å². The summed E-state index contributed by atoms with van der Waals surface area (Å²) in [4.78, 5) is 26.7. The monoisotopic (exact) mass is 482 g/mol. The molecule has 0 spiro atoms. The Morgan fingerprint density at radius 2 is 1.66 bits per heavy atom. The summed E-state index contributed by atoms with van der Waals surface area (Å²) in [6.45, 7) is 0.370. The van der Waals surface area contributed by atoms with Crippen molar-refractivity contribution in [2.24, 2.45) is 0 Å². The molecule has 0 bridgehead atoms. The number of hydrogen-bond donors (Lipinski definition) is 1. The lowest BCUT2D eigenvalue weighted by Crippen LogP contribution is -2.54. The van der Waals surface area contributed by atoms with Gasteiger partial charge in [0, 0.05) is 10.0 Å². The van der Waals surface area contributed by atoms with Crippen LogP contribution in [-0.4, -0.2) is 16.9 Å². The van der Waals surface area contributed by atoms with Crippen LogP contribution in [0.5, 0.6) is 5.75 Å². The number of benzene rings is 3. The summed E-state index contributed by atoms with van der Waals surface area (Å²) in [7, 11) is 0. The predicted octanol–water partition coefficient (Wildman–Crippen LogP) is 5.40. The van der Waals surface area contributed by atoms with Crippen LogP contribution < -0.4 is 15.0 Å². The Balaban J connectivity index is 1.51. The minimum atomic E-state index is -0.550. The van der Waals surface area contributed by atoms with Crippen LogP contribution in [0.3, 0.4) is 0 Å². The minimum Gasteiger partial charge on any atom is -0.489 e. The Kier molecular flexibility index (Phi) is 6.55. The van der Waals surface area contributed by atoms with E-state index in [0.717, 1.165) is 5.56 Å². The smallest absolute Gasteiger partial charge is 0.270 e. The highest BCUT2D eigenvalue weighted by Gasteiger charge is 2.34. The van der Waals surface area contributed by atoms with Crippen molar-refractivity contribution in [3.63, 3.8) is 0 Å². The van der Waals surface area contributed by atoms with E-state index < -0.39 is 11.8 Å². The first-order valence-electron chi connectivity index (χ1n) is 9.55. The molecule has 3 aromatic carbocycles. The standard InChI is InChI=1S/C24H16Cl2N2O3S/c25-17-6-8-19(9-7-17)28-23(30)21(22(29)27-24(28)32)13-15-4-10-20(11-5-15)31-14-16-2-1-3-18(26)12-16/h1-13H,14H2,(H,27,29,32)/b21-13+. The van der Waals surface area contributed by atoms with E-state index in [1.54, 1.807) is 54.6 Å². The van der Waals surface area contributed by atoms with Crippen LogP contribution in [0.15, 0.2) is 78.4 Å². The van der Waals surface area contributed by atoms with Crippen LogP contribution in [0, 0.1) is 0 Å². The molecule has 1 aliphatic rings. The van der Waals surface area contributed by atoms with Crippen molar-refractivity contribution in [1.29, 1.82) is 0 Å². The van der Waals surface area contributed by atoms with Gasteiger partial charge < -0.3 is 4.74 Å². The largest absolute Gasteiger partial charge is 0.489 e. The molecule has 8 heteroatoms. The number of rotatable bonds is 5. The molecule has 32 heavy (non-hydrogen) atoms. The molecule has 0 radical (unpaired) electrons. The fourth-order valence-electron chi connectivity index (χ4n) is 3.10. The van der Waals surface area contributed by atoms with E-state index in [2.05, 4.69) is 5.32 Å². The van der Waals surface area contributed by atoms with Crippen LogP contribution >= 0.6 is 35.4 Å². The highest BCUT2D eigenvalue weighted by atomic mass is 35.5. The molecule has 2 amide bonds. The highest BCUT2D eigenvalue weighted by molar-refractivity contribution is 7.80. The molecule has 1 fully saturated rings. The van der Waals surface area contributed by atoms with Crippen molar-refractivity contribution in [3.05, 3.63) is 99.5 Å². The van der Waals surface area contributed by atoms with E-state index in [4.69, 9.17) is 40.2 Å². The molecule has 1 saturated heterocycles. The zero-order valence-corrected chi connectivity index (χ0v) is 18.9. The number of thiocarbonyl (C=S) groups is 1. The fraction of sp³-hybridized carbons (Fsp3) is 0.0417. The van der Waals surface area contributed by atoms with Gasteiger partial charge in [0.15, 0.2) is 5.11 Å². The van der Waals surface area contributed by atoms with Crippen molar-refractivity contribution < 1.29 is 14.3 Å². The van der Waals surface area contributed by atoms with Gasteiger partial charge in [-0.3, -0.25) is 19.8 Å². The van der Waals surface area contributed by atoms with E-state index >= 15 is 0 Å². The van der Waals surface area contributed by atoms with E-state index in [-0.39, 0.29) is 10.7 Å². The molecule has 3 aromatic rings. The number of carbonyl (C=O) groups excluding carboxylic acids is 2. The van der Waals surface area contributed by atoms with Crippen LogP contribution in [-0.2, 0) is 16.2 Å². The Bertz CT molecular complexity index is 1220. The van der Waals surface area contributed by atoms with Gasteiger partial charge in [-0.1, -0.05) is 47.5 Å². The number of halogens is 2. The zero-order chi connectivity index (χ0) is 22.7. The molecule has 0 unspecified atom stereocenters. The molecular weight excluding hydrogens is 467 g/mol. The predicted molar refractivity (Wildman–Crippen MR) is 130 cm³/mol. The molecule has 1 heterocycles. The lowest BCUT2D eigenvalue weighted by molar-refractivity contribution is -0.122. The molecule has 0 aliphatic carbocycles. The van der Waals surface area contributed by atoms with Crippen LogP contribution in [0.25, 0.3) is 6.08 Å². The molecule has 0 saturated carbocycles. The van der Waals surface area contributed by atoms with Gasteiger partial charge in [-0.05, 0) is 78.0 Å². The van der Waals surface area contributed by atoms with Crippen molar-refractivity contribution in [2.75, 3.05) is 4.90 Å². The van der Waals surface area contributed by atoms with Gasteiger partial charge in [-0.2, -0.15) is 0 Å². The second-order valence-corrected chi connectivity index (χ2v) is 8.18. The summed E-state index contributed by atoms with van der Waals surface area (Å²) in [6.07, 6.45) is 1.52. The third-order valence-electron chi connectivity index (χ3n) is 4.67. The number of nitrogens with one attached hydrogen (secondary N) is 1. The zero-order valence-electron chi connectivity index (χ0n) is 16.5. The van der Waals surface area contributed by atoms with Gasteiger partial charge in [-0.15, -0.1) is 0 Å². The highest BCUT2D eigenvalue weighted by Crippen LogP contribution is 2.24. The maximum Gasteiger partial charge on any atom is 0.270 e. The summed E-state index contributed by atoms with van der Waals surface area (Å²) in [5.41, 5.74) is 2.11. The summed E-state index contributed by atoms with van der Waals surface area (Å²) in [6, 6.07) is 21.1. The first-order valence-corrected chi connectivity index (χ1v) is 10.7. The normalized spacial score (nSPS) is 15.1. The number of nitrogens with zero attached hydrogens (tertiary/aromatic N) is 1. The topological polar surface area (TPSA) is 58.6 Å². The summed E-state index contributed by atoms with van der Waals surface area (Å²) >= 11 is 17.1. The Morgan fingerprint density at radius 3 is 2.34 bits per heavy atom. The summed E-state index contributed by atoms with van der Waals surface area (Å²) < 4.78 is 5.77. The van der Waals surface area contributed by atoms with Gasteiger partial charge in [0.05, 0.1) is 5.69 Å². The average molecular weight is 483 g/mol. The number of carbonyl (C=O) groups is 2. The van der Waals surface area contributed by atoms with Crippen LogP contribution in [0.1, 0.15) is 11.1 Å². The summed E-state index contributed by atoms with van der Waals surface area (Å²) in [5.74, 6) is -0.413. The third kappa shape index (κ3) is 4.99. The molecule has 160 valence electrons. The fourth-order valence-corrected chi connectivity index (χ4v) is 3.72. The first-order chi connectivity index (χ1) is 15.4. The van der Waals surface area contributed by atoms with Crippen molar-refractivity contribution in [2.45, 2.75) is 6.61 Å². The average Bonchev–Trinajstić information content (AvgIpc) is 2.77. The van der Waals surface area contributed by atoms with E-state index in [0.29, 0.717) is 33.7 Å². The number of hydrogen-bond acceptors (Lipinski definition) is 4. The van der Waals surface area contributed by atoms with Gasteiger partial charge in [0.1, 0.15) is 17.9 Å². The lowest BCUT2D eigenvalue weighted by atomic mass is 10.1. The maximum atomic E-state index is 13.0. The molecule has 0 aromatic heterocycles. The van der Waals surface area contributed by atoms with Gasteiger partial charge in [0.2, 0.25) is 0 Å². The lowest BCUT2D eigenvalue weighted by Gasteiger charge is -2.28. The SMILES string of the molecule is O=C1NC(=S)N(c2ccc(Cl)cc2)C(=O)/C1=C/c1ccc(OCc2cccc(Cl)c2)cc1. The van der Waals surface area contributed by atoms with Gasteiger partial charge >= 0.3 is 0 Å². The van der Waals surface area contributed by atoms with Crippen LogP contribution in [0.4, 0.5) is 5.69 Å². The molecule has 0 atom stereocenters. The molecule has 1 N–H and O–H groups in total. The Labute approximate surface area is 200 Å². The van der Waals surface area contributed by atoms with Gasteiger partial charge in [-0.25, -0.2) is 0 Å². The van der Waals surface area contributed by atoms with E-state index in [1.165, 1.54) is 11.0 Å². The van der Waals surface area contributed by atoms with Crippen molar-refractivity contribution in [1.82, 2.24) is 5.32 Å². The van der Waals surface area contributed by atoms with Crippen molar-refractivity contribution in [3.8, 4) is 5.75 Å². The Morgan fingerprint density at radius 1 is 0.938 bits per heavy atom. The van der Waals surface area contributed by atoms with Crippen molar-refractivity contribution >= 4 is 64.1 Å². The minimum absolute atomic E-state index is 0.0178. The van der Waals surface area contributed by atoms with Gasteiger partial charge in [0.25, 0.3) is 11.8 Å². The molecule has 5 nitrogen and oxygen atoms in total. The number of ether oxygens (including phenoxy) is 1. The molecule has 1 aliphatic heterocycles.